The van der Waals surface area contributed by atoms with Gasteiger partial charge in [-0.1, -0.05) is 6.07 Å². The highest BCUT2D eigenvalue weighted by atomic mass is 16.5. The Morgan fingerprint density at radius 3 is 2.57 bits per heavy atom. The van der Waals surface area contributed by atoms with Gasteiger partial charge in [-0.05, 0) is 55.8 Å². The minimum absolute atomic E-state index is 0.0310. The Morgan fingerprint density at radius 1 is 1.23 bits per heavy atom. The van der Waals surface area contributed by atoms with Crippen LogP contribution in [0.15, 0.2) is 53.0 Å². The van der Waals surface area contributed by atoms with Crippen LogP contribution < -0.4 is 15.0 Å². The molecule has 0 saturated carbocycles. The van der Waals surface area contributed by atoms with E-state index in [9.17, 15) is 14.9 Å². The van der Waals surface area contributed by atoms with Gasteiger partial charge in [-0.25, -0.2) is 4.79 Å². The molecule has 0 fully saturated rings. The molecule has 0 unspecified atom stereocenters. The monoisotopic (exact) mass is 405 g/mol. The Labute approximate surface area is 172 Å². The maximum absolute atomic E-state index is 13.1. The van der Waals surface area contributed by atoms with Gasteiger partial charge in [-0.15, -0.1) is 0 Å². The molecule has 0 saturated heterocycles. The molecule has 2 heterocycles. The van der Waals surface area contributed by atoms with Gasteiger partial charge in [0, 0.05) is 6.20 Å². The van der Waals surface area contributed by atoms with Crippen molar-refractivity contribution in [3.63, 3.8) is 0 Å². The fourth-order valence-electron chi connectivity index (χ4n) is 2.74. The van der Waals surface area contributed by atoms with Crippen LogP contribution in [-0.2, 0) is 9.53 Å². The lowest BCUT2D eigenvalue weighted by Gasteiger charge is -2.11. The van der Waals surface area contributed by atoms with E-state index in [1.54, 1.807) is 56.6 Å². The van der Waals surface area contributed by atoms with Gasteiger partial charge in [0.2, 0.25) is 5.88 Å². The summed E-state index contributed by atoms with van der Waals surface area (Å²) in [5.41, 5.74) is 0.305. The number of methoxy groups -OCH3 is 1. The number of carbonyl (C=O) groups excluding carboxylic acids is 1. The van der Waals surface area contributed by atoms with E-state index in [1.807, 2.05) is 13.0 Å². The van der Waals surface area contributed by atoms with Gasteiger partial charge in [0.05, 0.1) is 13.7 Å². The molecule has 0 N–H and O–H groups in total. The van der Waals surface area contributed by atoms with E-state index in [0.29, 0.717) is 17.1 Å². The van der Waals surface area contributed by atoms with E-state index in [2.05, 4.69) is 4.98 Å². The third kappa shape index (κ3) is 4.15. The average Bonchev–Trinajstić information content (AvgIpc) is 2.75. The van der Waals surface area contributed by atoms with Crippen molar-refractivity contribution in [2.45, 2.75) is 13.8 Å². The zero-order valence-corrected chi connectivity index (χ0v) is 16.7. The van der Waals surface area contributed by atoms with Gasteiger partial charge in [0.25, 0.3) is 5.56 Å². The number of benzene rings is 1. The number of hydrogen-bond donors (Lipinski definition) is 0. The van der Waals surface area contributed by atoms with Crippen LogP contribution >= 0.6 is 0 Å². The molecule has 0 aliphatic rings. The largest absolute Gasteiger partial charge is 0.497 e. The molecule has 8 heteroatoms. The first-order valence-electron chi connectivity index (χ1n) is 9.11. The summed E-state index contributed by atoms with van der Waals surface area (Å²) in [6, 6.07) is 12.0. The number of aromatic nitrogens is 2. The van der Waals surface area contributed by atoms with Crippen LogP contribution in [0.3, 0.4) is 0 Å². The minimum Gasteiger partial charge on any atom is -0.497 e. The van der Waals surface area contributed by atoms with E-state index in [1.165, 1.54) is 4.40 Å². The van der Waals surface area contributed by atoms with Crippen molar-refractivity contribution in [2.75, 3.05) is 13.7 Å². The quantitative estimate of drug-likeness (QED) is 0.352. The second-order valence-electron chi connectivity index (χ2n) is 6.19. The van der Waals surface area contributed by atoms with Crippen molar-refractivity contribution in [3.8, 4) is 23.4 Å². The zero-order chi connectivity index (χ0) is 21.7. The van der Waals surface area contributed by atoms with Gasteiger partial charge in [-0.3, -0.25) is 9.20 Å². The molecule has 0 atom stereocenters. The molecule has 3 aromatic rings. The fraction of sp³-hybridized carbons (Fsp3) is 0.182. The number of pyridine rings is 1. The molecule has 30 heavy (non-hydrogen) atoms. The number of ether oxygens (including phenoxy) is 3. The van der Waals surface area contributed by atoms with Gasteiger partial charge in [0.15, 0.2) is 0 Å². The highest BCUT2D eigenvalue weighted by molar-refractivity contribution is 5.98. The molecule has 0 radical (unpaired) electrons. The molecule has 0 bridgehead atoms. The van der Waals surface area contributed by atoms with Crippen molar-refractivity contribution in [3.05, 3.63) is 69.6 Å². The van der Waals surface area contributed by atoms with E-state index in [4.69, 9.17) is 14.2 Å². The third-order valence-electron chi connectivity index (χ3n) is 4.23. The van der Waals surface area contributed by atoms with Crippen molar-refractivity contribution in [1.29, 1.82) is 5.26 Å². The maximum atomic E-state index is 13.1. The Hall–Kier alpha value is -4.12. The van der Waals surface area contributed by atoms with Crippen molar-refractivity contribution >= 4 is 17.7 Å². The highest BCUT2D eigenvalue weighted by Crippen LogP contribution is 2.26. The van der Waals surface area contributed by atoms with Crippen LogP contribution in [-0.4, -0.2) is 29.1 Å². The third-order valence-corrected chi connectivity index (χ3v) is 4.23. The van der Waals surface area contributed by atoms with Gasteiger partial charge in [-0.2, -0.15) is 10.2 Å². The summed E-state index contributed by atoms with van der Waals surface area (Å²) in [4.78, 5) is 29.7. The minimum atomic E-state index is -0.830. The standard InChI is InChI=1S/C22H19N3O5/c1-4-29-22(27)15(13-23)12-18-20(30-17-9-7-16(28-3)8-10-17)24-19-14(2)6-5-11-25(19)21(18)26/h5-12H,4H2,1-3H3/b15-12+. The van der Waals surface area contributed by atoms with Crippen LogP contribution in [0.2, 0.25) is 0 Å². The molecule has 152 valence electrons. The summed E-state index contributed by atoms with van der Waals surface area (Å²) in [5.74, 6) is 0.185. The summed E-state index contributed by atoms with van der Waals surface area (Å²) in [5, 5.41) is 9.37. The predicted octanol–water partition coefficient (Wildman–Crippen LogP) is 3.27. The molecule has 0 spiro atoms. The molecular formula is C22H19N3O5. The SMILES string of the molecule is CCOC(=O)/C(C#N)=C/c1c(Oc2ccc(OC)cc2)nc2c(C)cccn2c1=O. The number of nitriles is 1. The Bertz CT molecular complexity index is 1220. The van der Waals surface area contributed by atoms with E-state index < -0.39 is 11.5 Å². The first-order chi connectivity index (χ1) is 14.5. The van der Waals surface area contributed by atoms with Crippen LogP contribution in [0.1, 0.15) is 18.1 Å². The van der Waals surface area contributed by atoms with Crippen LogP contribution in [0.5, 0.6) is 17.4 Å². The second kappa shape index (κ2) is 8.92. The summed E-state index contributed by atoms with van der Waals surface area (Å²) in [6.45, 7) is 3.54. The van der Waals surface area contributed by atoms with Crippen molar-refractivity contribution in [1.82, 2.24) is 9.38 Å². The maximum Gasteiger partial charge on any atom is 0.348 e. The number of aryl methyl sites for hydroxylation is 1. The Kier molecular flexibility index (Phi) is 6.13. The lowest BCUT2D eigenvalue weighted by Crippen LogP contribution is -2.20. The van der Waals surface area contributed by atoms with Crippen molar-refractivity contribution < 1.29 is 19.0 Å². The first-order valence-corrected chi connectivity index (χ1v) is 9.11. The number of carbonyl (C=O) groups is 1. The average molecular weight is 405 g/mol. The van der Waals surface area contributed by atoms with Crippen molar-refractivity contribution in [2.24, 2.45) is 0 Å². The lowest BCUT2D eigenvalue weighted by atomic mass is 10.2. The van der Waals surface area contributed by atoms with E-state index in [0.717, 1.165) is 11.6 Å². The molecule has 1 aromatic carbocycles. The normalized spacial score (nSPS) is 11.1. The number of nitrogens with zero attached hydrogens (tertiary/aromatic N) is 3. The molecular weight excluding hydrogens is 386 g/mol. The lowest BCUT2D eigenvalue weighted by molar-refractivity contribution is -0.137. The number of rotatable bonds is 6. The van der Waals surface area contributed by atoms with Crippen LogP contribution in [0.25, 0.3) is 11.7 Å². The van der Waals surface area contributed by atoms with Gasteiger partial charge >= 0.3 is 5.97 Å². The summed E-state index contributed by atoms with van der Waals surface area (Å²) in [6.07, 6.45) is 2.70. The highest BCUT2D eigenvalue weighted by Gasteiger charge is 2.18. The molecule has 2 aromatic heterocycles. The second-order valence-corrected chi connectivity index (χ2v) is 6.19. The molecule has 0 aliphatic heterocycles. The smallest absolute Gasteiger partial charge is 0.348 e. The number of esters is 1. The summed E-state index contributed by atoms with van der Waals surface area (Å²) in [7, 11) is 1.55. The number of fused-ring (bicyclic) bond motifs is 1. The number of hydrogen-bond acceptors (Lipinski definition) is 7. The topological polar surface area (TPSA) is 103 Å². The van der Waals surface area contributed by atoms with E-state index >= 15 is 0 Å². The molecule has 0 aliphatic carbocycles. The van der Waals surface area contributed by atoms with Gasteiger partial charge < -0.3 is 14.2 Å². The Balaban J connectivity index is 2.21. The first kappa shape index (κ1) is 20.6. The molecule has 0 amide bonds. The summed E-state index contributed by atoms with van der Waals surface area (Å²) < 4.78 is 17.2. The van der Waals surface area contributed by atoms with Crippen LogP contribution in [0.4, 0.5) is 0 Å². The molecule has 8 nitrogen and oxygen atoms in total. The zero-order valence-electron chi connectivity index (χ0n) is 16.7. The fourth-order valence-corrected chi connectivity index (χ4v) is 2.74. The van der Waals surface area contributed by atoms with Gasteiger partial charge in [0.1, 0.15) is 34.4 Å². The van der Waals surface area contributed by atoms with E-state index in [-0.39, 0.29) is 23.6 Å². The van der Waals surface area contributed by atoms with Crippen LogP contribution in [0, 0.1) is 18.3 Å². The predicted molar refractivity (Wildman–Crippen MR) is 109 cm³/mol. The summed E-state index contributed by atoms with van der Waals surface area (Å²) >= 11 is 0. The molecule has 3 rings (SSSR count). The Morgan fingerprint density at radius 2 is 1.93 bits per heavy atom.